The van der Waals surface area contributed by atoms with Gasteiger partial charge in [0.1, 0.15) is 0 Å². The standard InChI is InChI=1S/2C74H49N/c1-2-19-50-46(18-1)34-35-47-42-48(36-38-51(47)50)61-44-63-59-26-9-14-31-67(59)74(65-29-12-7-24-57(65)58-25-8-13-30-66(58)74)69(63)45-71(61)75(70-33-17-32-68-72(70)60-27-10-11-28-64(60)73(68)40-15-16-41-73)49-37-39-56-54-22-4-3-20-52(54)53-21-5-6-23-55(53)62(56)43-49;1-2-18-51-46(17-1)31-32-47-41-48(33-36-52(47)51)62-44-65-61-26-10-14-30-70(61)74(68-28-12-8-23-58(68)59-24-9-13-29-69(59)74)71(65)45-72(62)75(50-35-38-67-64(43-50)60-25-7-11-27-66(60)73(67)39-15-16-40-73)49-34-37-57-55-21-4-3-19-53(55)54-20-5-6-22-56(54)63(57)42-49/h1-14,17-39,42-45H,15-16,40-41H2;1-14,17-38,41-45H,15-16,39-40H2. The van der Waals surface area contributed by atoms with Gasteiger partial charge in [0.15, 0.2) is 0 Å². The molecule has 8 aliphatic rings. The van der Waals surface area contributed by atoms with Gasteiger partial charge in [0, 0.05) is 44.6 Å². The van der Waals surface area contributed by atoms with E-state index in [1.54, 1.807) is 0 Å². The van der Waals surface area contributed by atoms with E-state index >= 15 is 0 Å². The number of rotatable bonds is 8. The van der Waals surface area contributed by atoms with Crippen molar-refractivity contribution in [2.24, 2.45) is 0 Å². The quantitative estimate of drug-likeness (QED) is 0.140. The van der Waals surface area contributed by atoms with E-state index in [2.05, 4.69) is 507 Å². The van der Waals surface area contributed by atoms with Crippen LogP contribution in [0.4, 0.5) is 34.1 Å². The molecule has 0 atom stereocenters. The van der Waals surface area contributed by atoms with Crippen molar-refractivity contribution in [1.29, 1.82) is 0 Å². The lowest BCUT2D eigenvalue weighted by molar-refractivity contribution is 0.550. The minimum Gasteiger partial charge on any atom is -0.310 e. The Morgan fingerprint density at radius 3 is 0.833 bits per heavy atom. The normalized spacial score (nSPS) is 14.9. The zero-order chi connectivity index (χ0) is 98.0. The lowest BCUT2D eigenvalue weighted by Crippen LogP contribution is -2.26. The van der Waals surface area contributed by atoms with Crippen molar-refractivity contribution in [3.63, 3.8) is 0 Å². The van der Waals surface area contributed by atoms with Crippen molar-refractivity contribution in [1.82, 2.24) is 0 Å². The van der Waals surface area contributed by atoms with Crippen LogP contribution in [0.25, 0.3) is 197 Å². The average Bonchev–Trinajstić information content (AvgIpc) is 1.50. The fraction of sp³-hybridized carbons (Fsp3) is 0.0811. The Labute approximate surface area is 871 Å². The van der Waals surface area contributed by atoms with Gasteiger partial charge in [-0.25, -0.2) is 0 Å². The smallest absolute Gasteiger partial charge is 0.0726 e. The van der Waals surface area contributed by atoms with Crippen molar-refractivity contribution < 1.29 is 0 Å². The molecular formula is C148H98N2. The van der Waals surface area contributed by atoms with Crippen molar-refractivity contribution >= 4 is 142 Å². The van der Waals surface area contributed by atoms with Crippen LogP contribution in [0.5, 0.6) is 0 Å². The van der Waals surface area contributed by atoms with Crippen LogP contribution in [0, 0.1) is 0 Å². The molecule has 8 aliphatic carbocycles. The van der Waals surface area contributed by atoms with Gasteiger partial charge in [-0.1, -0.05) is 444 Å². The Kier molecular flexibility index (Phi) is 17.8. The maximum Gasteiger partial charge on any atom is 0.0726 e. The molecule has 150 heavy (non-hydrogen) atoms. The number of fused-ring (bicyclic) bond motifs is 48. The largest absolute Gasteiger partial charge is 0.310 e. The molecule has 4 spiro atoms. The summed E-state index contributed by atoms with van der Waals surface area (Å²) in [4.78, 5) is 5.33. The van der Waals surface area contributed by atoms with Crippen LogP contribution >= 0.6 is 0 Å². The Hall–Kier alpha value is -18.1. The second-order valence-electron chi connectivity index (χ2n) is 43.5. The van der Waals surface area contributed by atoms with Gasteiger partial charge < -0.3 is 9.80 Å². The molecule has 34 rings (SSSR count). The highest BCUT2D eigenvalue weighted by molar-refractivity contribution is 6.28. The molecule has 2 nitrogen and oxygen atoms in total. The third-order valence-electron chi connectivity index (χ3n) is 36.7. The van der Waals surface area contributed by atoms with Crippen molar-refractivity contribution in [3.05, 3.63) is 564 Å². The third-order valence-corrected chi connectivity index (χ3v) is 36.7. The lowest BCUT2D eigenvalue weighted by Gasteiger charge is -2.34. The number of benzene rings is 26. The highest BCUT2D eigenvalue weighted by Gasteiger charge is 2.56. The van der Waals surface area contributed by atoms with Crippen LogP contribution in [-0.2, 0) is 21.7 Å². The van der Waals surface area contributed by atoms with E-state index < -0.39 is 10.8 Å². The fourth-order valence-corrected chi connectivity index (χ4v) is 30.7. The number of nitrogens with zero attached hydrogens (tertiary/aromatic N) is 2. The first-order valence-corrected chi connectivity index (χ1v) is 53.9. The molecule has 0 heterocycles. The SMILES string of the molecule is c1ccc2c(c1)-c1c(N(c3ccc4c5ccccc5c5ccccc5c4c3)c3cc4c(cc3-c3ccc5c(ccc6ccccc65)c3)-c3ccccc3C43c4ccccc4-c4ccccc43)cccc1C21CCCC1.c1ccc2c(c1)-c1cc(N(c3ccc4c5ccccc5c5ccccc5c4c3)c3cc4c(cc3-c3ccc5c(ccc6ccccc65)c3)-c3ccccc3C43c4ccccc4-c4ccccc43)ccc1C21CCCC1. The molecule has 0 bridgehead atoms. The van der Waals surface area contributed by atoms with Gasteiger partial charge >= 0.3 is 0 Å². The fourth-order valence-electron chi connectivity index (χ4n) is 30.7. The molecule has 2 saturated carbocycles. The summed E-state index contributed by atoms with van der Waals surface area (Å²) >= 11 is 0. The predicted molar refractivity (Wildman–Crippen MR) is 630 cm³/mol. The maximum absolute atomic E-state index is 2.69. The molecule has 2 fully saturated rings. The monoisotopic (exact) mass is 1900 g/mol. The van der Waals surface area contributed by atoms with E-state index in [9.17, 15) is 0 Å². The minimum absolute atomic E-state index is 0.00301. The first-order valence-electron chi connectivity index (χ1n) is 53.9. The highest BCUT2D eigenvalue weighted by atomic mass is 15.2. The molecule has 0 radical (unpaired) electrons. The molecule has 2 heteroatoms. The van der Waals surface area contributed by atoms with Crippen LogP contribution < -0.4 is 9.80 Å². The second-order valence-corrected chi connectivity index (χ2v) is 43.5. The van der Waals surface area contributed by atoms with Crippen molar-refractivity contribution in [3.8, 4) is 89.0 Å². The molecule has 700 valence electrons. The summed E-state index contributed by atoms with van der Waals surface area (Å²) in [7, 11) is 0. The molecule has 0 amide bonds. The van der Waals surface area contributed by atoms with E-state index in [0.29, 0.717) is 0 Å². The first kappa shape index (κ1) is 84.2. The van der Waals surface area contributed by atoms with Crippen molar-refractivity contribution in [2.45, 2.75) is 73.0 Å². The zero-order valence-corrected chi connectivity index (χ0v) is 82.9. The van der Waals surface area contributed by atoms with E-state index in [1.165, 1.54) is 326 Å². The molecular weight excluding hydrogens is 1810 g/mol. The minimum atomic E-state index is -0.530. The molecule has 0 unspecified atom stereocenters. The number of hydrogen-bond acceptors (Lipinski definition) is 2. The maximum atomic E-state index is 2.69. The summed E-state index contributed by atoms with van der Waals surface area (Å²) in [6.45, 7) is 0. The summed E-state index contributed by atoms with van der Waals surface area (Å²) < 4.78 is 0. The predicted octanol–water partition coefficient (Wildman–Crippen LogP) is 39.5. The van der Waals surface area contributed by atoms with Crippen LogP contribution in [0.15, 0.2) is 497 Å². The van der Waals surface area contributed by atoms with Gasteiger partial charge in [-0.2, -0.15) is 0 Å². The van der Waals surface area contributed by atoms with Crippen LogP contribution in [-0.4, -0.2) is 0 Å². The molecule has 0 saturated heterocycles. The Balaban J connectivity index is 0.000000130. The topological polar surface area (TPSA) is 6.48 Å². The lowest BCUT2D eigenvalue weighted by atomic mass is 9.70. The van der Waals surface area contributed by atoms with Gasteiger partial charge in [-0.05, 0) is 351 Å². The molecule has 26 aromatic rings. The second kappa shape index (κ2) is 31.7. The highest BCUT2D eigenvalue weighted by Crippen LogP contribution is 2.70. The molecule has 0 aromatic heterocycles. The van der Waals surface area contributed by atoms with Gasteiger partial charge in [-0.3, -0.25) is 0 Å². The molecule has 0 N–H and O–H groups in total. The van der Waals surface area contributed by atoms with Gasteiger partial charge in [-0.15, -0.1) is 0 Å². The summed E-state index contributed by atoms with van der Waals surface area (Å²) in [6, 6.07) is 191. The molecule has 26 aromatic carbocycles. The van der Waals surface area contributed by atoms with Gasteiger partial charge in [0.25, 0.3) is 0 Å². The Morgan fingerprint density at radius 2 is 0.413 bits per heavy atom. The Bertz CT molecular complexity index is 10300. The van der Waals surface area contributed by atoms with Crippen LogP contribution in [0.2, 0.25) is 0 Å². The average molecular weight is 1900 g/mol. The number of anilines is 6. The van der Waals surface area contributed by atoms with Crippen LogP contribution in [0.1, 0.15) is 118 Å². The Morgan fingerprint density at radius 1 is 0.140 bits per heavy atom. The van der Waals surface area contributed by atoms with E-state index in [-0.39, 0.29) is 10.8 Å². The van der Waals surface area contributed by atoms with E-state index in [4.69, 9.17) is 0 Å². The van der Waals surface area contributed by atoms with E-state index in [1.807, 2.05) is 0 Å². The zero-order valence-electron chi connectivity index (χ0n) is 82.9. The summed E-state index contributed by atoms with van der Waals surface area (Å²) in [5.74, 6) is 0. The van der Waals surface area contributed by atoms with E-state index in [0.717, 1.165) is 22.7 Å². The summed E-state index contributed by atoms with van der Waals surface area (Å²) in [5.41, 5.74) is 43.4. The molecule has 0 aliphatic heterocycles. The van der Waals surface area contributed by atoms with Crippen molar-refractivity contribution in [2.75, 3.05) is 9.80 Å². The van der Waals surface area contributed by atoms with Crippen LogP contribution in [0.3, 0.4) is 0 Å². The van der Waals surface area contributed by atoms with Gasteiger partial charge in [0.2, 0.25) is 0 Å². The third kappa shape index (κ3) is 11.4. The number of hydrogen-bond donors (Lipinski definition) is 0. The first-order chi connectivity index (χ1) is 74.4. The summed E-state index contributed by atoms with van der Waals surface area (Å²) in [5, 5.41) is 25.4. The summed E-state index contributed by atoms with van der Waals surface area (Å²) in [6.07, 6.45) is 9.75. The van der Waals surface area contributed by atoms with Gasteiger partial charge in [0.05, 0.1) is 27.9 Å².